The Hall–Kier alpha value is -1.10. The van der Waals surface area contributed by atoms with E-state index in [9.17, 15) is 9.59 Å². The van der Waals surface area contributed by atoms with Crippen LogP contribution in [-0.2, 0) is 9.59 Å². The van der Waals surface area contributed by atoms with Gasteiger partial charge in [-0.3, -0.25) is 9.59 Å². The van der Waals surface area contributed by atoms with Crippen LogP contribution in [0.15, 0.2) is 0 Å². The largest absolute Gasteiger partial charge is 0.354 e. The summed E-state index contributed by atoms with van der Waals surface area (Å²) in [5.41, 5.74) is 5.11. The SMILES string of the molecule is CCC(N)(CC)C(=O)NC1CCCNC1=O. The van der Waals surface area contributed by atoms with Crippen LogP contribution >= 0.6 is 0 Å². The average Bonchev–Trinajstić information content (AvgIpc) is 2.31. The van der Waals surface area contributed by atoms with Gasteiger partial charge in [-0.2, -0.15) is 0 Å². The number of hydrogen-bond acceptors (Lipinski definition) is 3. The fraction of sp³-hybridized carbons (Fsp3) is 0.818. The zero-order valence-electron chi connectivity index (χ0n) is 10.0. The van der Waals surface area contributed by atoms with E-state index in [4.69, 9.17) is 5.73 Å². The summed E-state index contributed by atoms with van der Waals surface area (Å²) < 4.78 is 0. The van der Waals surface area contributed by atoms with Crippen molar-refractivity contribution in [2.45, 2.75) is 51.1 Å². The molecular formula is C11H21N3O2. The van der Waals surface area contributed by atoms with E-state index in [0.717, 1.165) is 6.42 Å². The Labute approximate surface area is 96.1 Å². The van der Waals surface area contributed by atoms with Crippen molar-refractivity contribution >= 4 is 11.8 Å². The second kappa shape index (κ2) is 5.30. The molecule has 0 saturated carbocycles. The molecule has 0 spiro atoms. The third kappa shape index (κ3) is 2.72. The summed E-state index contributed by atoms with van der Waals surface area (Å²) in [6.45, 7) is 4.45. The summed E-state index contributed by atoms with van der Waals surface area (Å²) in [6, 6.07) is -0.415. The number of rotatable bonds is 4. The van der Waals surface area contributed by atoms with Crippen LogP contribution in [0.2, 0.25) is 0 Å². The van der Waals surface area contributed by atoms with Crippen LogP contribution in [0.25, 0.3) is 0 Å². The molecule has 92 valence electrons. The minimum Gasteiger partial charge on any atom is -0.354 e. The highest BCUT2D eigenvalue weighted by Crippen LogP contribution is 2.13. The van der Waals surface area contributed by atoms with Crippen molar-refractivity contribution in [2.24, 2.45) is 5.73 Å². The Balaban J connectivity index is 2.59. The molecule has 1 unspecified atom stereocenters. The van der Waals surface area contributed by atoms with Gasteiger partial charge < -0.3 is 16.4 Å². The van der Waals surface area contributed by atoms with Gasteiger partial charge in [-0.25, -0.2) is 0 Å². The molecule has 1 rings (SSSR count). The Morgan fingerprint density at radius 3 is 2.69 bits per heavy atom. The summed E-state index contributed by atoms with van der Waals surface area (Å²) in [4.78, 5) is 23.4. The summed E-state index contributed by atoms with van der Waals surface area (Å²) >= 11 is 0. The fourth-order valence-corrected chi connectivity index (χ4v) is 1.78. The zero-order chi connectivity index (χ0) is 12.2. The first kappa shape index (κ1) is 13.0. The first-order valence-corrected chi connectivity index (χ1v) is 5.91. The molecule has 1 aliphatic rings. The molecule has 5 nitrogen and oxygen atoms in total. The smallest absolute Gasteiger partial charge is 0.242 e. The van der Waals surface area contributed by atoms with E-state index < -0.39 is 11.6 Å². The second-order valence-electron chi connectivity index (χ2n) is 4.32. The van der Waals surface area contributed by atoms with Crippen molar-refractivity contribution in [1.82, 2.24) is 10.6 Å². The van der Waals surface area contributed by atoms with E-state index in [1.54, 1.807) is 0 Å². The summed E-state index contributed by atoms with van der Waals surface area (Å²) in [5.74, 6) is -0.325. The lowest BCUT2D eigenvalue weighted by molar-refractivity contribution is -0.133. The molecule has 0 aromatic carbocycles. The number of hydrogen-bond donors (Lipinski definition) is 3. The van der Waals surface area contributed by atoms with Crippen molar-refractivity contribution in [2.75, 3.05) is 6.54 Å². The minimum atomic E-state index is -0.849. The number of nitrogens with one attached hydrogen (secondary N) is 2. The molecule has 5 heteroatoms. The predicted octanol–water partition coefficient (Wildman–Crippen LogP) is -0.101. The standard InChI is InChI=1S/C11H21N3O2/c1-3-11(12,4-2)10(16)14-8-6-5-7-13-9(8)15/h8H,3-7,12H2,1-2H3,(H,13,15)(H,14,16). The molecule has 16 heavy (non-hydrogen) atoms. The van der Waals surface area contributed by atoms with Gasteiger partial charge in [0, 0.05) is 6.54 Å². The highest BCUT2D eigenvalue weighted by atomic mass is 16.2. The maximum absolute atomic E-state index is 11.9. The maximum Gasteiger partial charge on any atom is 0.242 e. The van der Waals surface area contributed by atoms with Crippen LogP contribution in [0.1, 0.15) is 39.5 Å². The lowest BCUT2D eigenvalue weighted by Gasteiger charge is -2.29. The third-order valence-corrected chi connectivity index (χ3v) is 3.30. The summed E-state index contributed by atoms with van der Waals surface area (Å²) in [5, 5.41) is 5.47. The fourth-order valence-electron chi connectivity index (χ4n) is 1.78. The van der Waals surface area contributed by atoms with Crippen LogP contribution in [0, 0.1) is 0 Å². The van der Waals surface area contributed by atoms with Gasteiger partial charge in [-0.05, 0) is 25.7 Å². The van der Waals surface area contributed by atoms with Gasteiger partial charge in [0.25, 0.3) is 0 Å². The van der Waals surface area contributed by atoms with Gasteiger partial charge in [0.15, 0.2) is 0 Å². The van der Waals surface area contributed by atoms with E-state index in [1.165, 1.54) is 0 Å². The molecule has 0 aromatic rings. The number of piperidine rings is 1. The molecule has 1 aliphatic heterocycles. The van der Waals surface area contributed by atoms with Crippen LogP contribution in [0.5, 0.6) is 0 Å². The monoisotopic (exact) mass is 227 g/mol. The third-order valence-electron chi connectivity index (χ3n) is 3.30. The predicted molar refractivity (Wildman–Crippen MR) is 61.7 cm³/mol. The highest BCUT2D eigenvalue weighted by molar-refractivity contribution is 5.92. The van der Waals surface area contributed by atoms with E-state index in [1.807, 2.05) is 13.8 Å². The minimum absolute atomic E-state index is 0.103. The van der Waals surface area contributed by atoms with Crippen molar-refractivity contribution in [3.8, 4) is 0 Å². The second-order valence-corrected chi connectivity index (χ2v) is 4.32. The Morgan fingerprint density at radius 1 is 1.56 bits per heavy atom. The van der Waals surface area contributed by atoms with Gasteiger partial charge >= 0.3 is 0 Å². The normalized spacial score (nSPS) is 21.4. The van der Waals surface area contributed by atoms with E-state index >= 15 is 0 Å². The Kier molecular flexibility index (Phi) is 4.29. The van der Waals surface area contributed by atoms with Crippen LogP contribution in [-0.4, -0.2) is 29.9 Å². The number of carbonyl (C=O) groups excluding carboxylic acids is 2. The number of nitrogens with two attached hydrogens (primary N) is 1. The van der Waals surface area contributed by atoms with E-state index in [0.29, 0.717) is 25.8 Å². The Bertz CT molecular complexity index is 274. The van der Waals surface area contributed by atoms with Crippen molar-refractivity contribution in [3.05, 3.63) is 0 Å². The van der Waals surface area contributed by atoms with Gasteiger partial charge in [0.1, 0.15) is 6.04 Å². The van der Waals surface area contributed by atoms with Crippen molar-refractivity contribution in [1.29, 1.82) is 0 Å². The Morgan fingerprint density at radius 2 is 2.19 bits per heavy atom. The molecule has 1 fully saturated rings. The number of amides is 2. The molecule has 4 N–H and O–H groups in total. The van der Waals surface area contributed by atoms with Gasteiger partial charge in [-0.15, -0.1) is 0 Å². The average molecular weight is 227 g/mol. The molecule has 0 radical (unpaired) electrons. The topological polar surface area (TPSA) is 84.2 Å². The van der Waals surface area contributed by atoms with Crippen molar-refractivity contribution < 1.29 is 9.59 Å². The zero-order valence-corrected chi connectivity index (χ0v) is 10.0. The molecule has 1 heterocycles. The van der Waals surface area contributed by atoms with Crippen LogP contribution in [0.4, 0.5) is 0 Å². The van der Waals surface area contributed by atoms with Crippen LogP contribution < -0.4 is 16.4 Å². The molecule has 2 amide bonds. The molecular weight excluding hydrogens is 206 g/mol. The first-order valence-electron chi connectivity index (χ1n) is 5.91. The van der Waals surface area contributed by atoms with Crippen molar-refractivity contribution in [3.63, 3.8) is 0 Å². The maximum atomic E-state index is 11.9. The summed E-state index contributed by atoms with van der Waals surface area (Å²) in [6.07, 6.45) is 2.74. The molecule has 0 aliphatic carbocycles. The molecule has 0 aromatic heterocycles. The van der Waals surface area contributed by atoms with Gasteiger partial charge in [0.2, 0.25) is 11.8 Å². The number of carbonyl (C=O) groups is 2. The molecule has 0 bridgehead atoms. The van der Waals surface area contributed by atoms with E-state index in [2.05, 4.69) is 10.6 Å². The van der Waals surface area contributed by atoms with Crippen LogP contribution in [0.3, 0.4) is 0 Å². The highest BCUT2D eigenvalue weighted by Gasteiger charge is 2.33. The van der Waals surface area contributed by atoms with Gasteiger partial charge in [-0.1, -0.05) is 13.8 Å². The first-order chi connectivity index (χ1) is 7.53. The van der Waals surface area contributed by atoms with E-state index in [-0.39, 0.29) is 11.8 Å². The quantitative estimate of drug-likeness (QED) is 0.627. The van der Waals surface area contributed by atoms with Gasteiger partial charge in [0.05, 0.1) is 5.54 Å². The lowest BCUT2D eigenvalue weighted by atomic mass is 9.92. The summed E-state index contributed by atoms with van der Waals surface area (Å²) in [7, 11) is 0. The lowest BCUT2D eigenvalue weighted by Crippen LogP contribution is -2.59. The molecule has 1 atom stereocenters. The molecule has 1 saturated heterocycles.